The van der Waals surface area contributed by atoms with E-state index in [2.05, 4.69) is 25.5 Å². The standard InChI is InChI=1S/C15H14BrN3O2S2/c16-14-5-6-15(22-14)23(20,21)18-8-7-11(9-18)19-10-17-12-3-1-2-4-13(12)19/h1-6,10-11H,7-9H2. The van der Waals surface area contributed by atoms with Crippen LogP contribution >= 0.6 is 27.3 Å². The molecule has 1 saturated heterocycles. The highest BCUT2D eigenvalue weighted by Gasteiger charge is 2.34. The van der Waals surface area contributed by atoms with Gasteiger partial charge in [0.2, 0.25) is 0 Å². The maximum Gasteiger partial charge on any atom is 0.252 e. The predicted molar refractivity (Wildman–Crippen MR) is 94.2 cm³/mol. The smallest absolute Gasteiger partial charge is 0.252 e. The first kappa shape index (κ1) is 15.3. The molecule has 23 heavy (non-hydrogen) atoms. The van der Waals surface area contributed by atoms with Gasteiger partial charge in [0.05, 0.1) is 27.2 Å². The molecule has 1 aliphatic heterocycles. The van der Waals surface area contributed by atoms with Crippen molar-refractivity contribution in [1.29, 1.82) is 0 Å². The van der Waals surface area contributed by atoms with Crippen LogP contribution in [0.5, 0.6) is 0 Å². The Hall–Kier alpha value is -1.22. The highest BCUT2D eigenvalue weighted by atomic mass is 79.9. The lowest BCUT2D eigenvalue weighted by Gasteiger charge is -2.16. The van der Waals surface area contributed by atoms with Crippen LogP contribution in [0.25, 0.3) is 11.0 Å². The van der Waals surface area contributed by atoms with Gasteiger partial charge in [-0.05, 0) is 46.6 Å². The van der Waals surface area contributed by atoms with Gasteiger partial charge in [-0.3, -0.25) is 0 Å². The second kappa shape index (κ2) is 5.70. The average Bonchev–Trinajstić information content (AvgIpc) is 3.25. The molecule has 1 aliphatic rings. The van der Waals surface area contributed by atoms with Crippen LogP contribution in [0.1, 0.15) is 12.5 Å². The van der Waals surface area contributed by atoms with E-state index in [9.17, 15) is 8.42 Å². The first-order valence-electron chi connectivity index (χ1n) is 7.23. The summed E-state index contributed by atoms with van der Waals surface area (Å²) in [6.45, 7) is 1.02. The minimum Gasteiger partial charge on any atom is -0.326 e. The van der Waals surface area contributed by atoms with E-state index < -0.39 is 10.0 Å². The summed E-state index contributed by atoms with van der Waals surface area (Å²) in [4.78, 5) is 4.40. The number of aromatic nitrogens is 2. The number of rotatable bonds is 3. The zero-order valence-corrected chi connectivity index (χ0v) is 15.3. The molecule has 0 bridgehead atoms. The van der Waals surface area contributed by atoms with Crippen LogP contribution in [-0.2, 0) is 10.0 Å². The molecule has 0 amide bonds. The molecule has 0 spiro atoms. The van der Waals surface area contributed by atoms with Crippen LogP contribution in [0.15, 0.2) is 50.7 Å². The summed E-state index contributed by atoms with van der Waals surface area (Å²) in [6, 6.07) is 11.5. The third-order valence-corrected chi connectivity index (χ3v) is 8.10. The molecule has 1 unspecified atom stereocenters. The Bertz CT molecular complexity index is 964. The topological polar surface area (TPSA) is 55.2 Å². The van der Waals surface area contributed by atoms with Gasteiger partial charge < -0.3 is 4.57 Å². The summed E-state index contributed by atoms with van der Waals surface area (Å²) in [5.41, 5.74) is 1.99. The van der Waals surface area contributed by atoms with E-state index >= 15 is 0 Å². The normalized spacial score (nSPS) is 19.6. The van der Waals surface area contributed by atoms with Gasteiger partial charge >= 0.3 is 0 Å². The third kappa shape index (κ3) is 2.63. The van der Waals surface area contributed by atoms with Crippen molar-refractivity contribution >= 4 is 48.3 Å². The predicted octanol–water partition coefficient (Wildman–Crippen LogP) is 3.50. The molecule has 0 N–H and O–H groups in total. The van der Waals surface area contributed by atoms with E-state index in [-0.39, 0.29) is 6.04 Å². The molecule has 3 aromatic rings. The van der Waals surface area contributed by atoms with Gasteiger partial charge in [-0.15, -0.1) is 11.3 Å². The van der Waals surface area contributed by atoms with Crippen LogP contribution in [0, 0.1) is 0 Å². The molecular weight excluding hydrogens is 398 g/mol. The number of thiophene rings is 1. The summed E-state index contributed by atoms with van der Waals surface area (Å²) in [5.74, 6) is 0. The van der Waals surface area contributed by atoms with Crippen molar-refractivity contribution in [2.75, 3.05) is 13.1 Å². The fourth-order valence-electron chi connectivity index (χ4n) is 2.99. The number of para-hydroxylation sites is 2. The summed E-state index contributed by atoms with van der Waals surface area (Å²) in [6.07, 6.45) is 2.61. The van der Waals surface area contributed by atoms with Gasteiger partial charge in [0.1, 0.15) is 4.21 Å². The van der Waals surface area contributed by atoms with E-state index in [4.69, 9.17) is 0 Å². The van der Waals surface area contributed by atoms with E-state index in [0.717, 1.165) is 21.2 Å². The number of sulfonamides is 1. The van der Waals surface area contributed by atoms with Gasteiger partial charge in [-0.1, -0.05) is 12.1 Å². The Kier molecular flexibility index (Phi) is 3.79. The molecule has 1 aromatic carbocycles. The third-order valence-electron chi connectivity index (χ3n) is 4.14. The monoisotopic (exact) mass is 411 g/mol. The van der Waals surface area contributed by atoms with Crippen molar-refractivity contribution in [2.45, 2.75) is 16.7 Å². The average molecular weight is 412 g/mol. The molecule has 3 heterocycles. The number of hydrogen-bond acceptors (Lipinski definition) is 4. The molecule has 0 saturated carbocycles. The zero-order chi connectivity index (χ0) is 16.0. The van der Waals surface area contributed by atoms with Gasteiger partial charge in [0, 0.05) is 13.1 Å². The number of halogens is 1. The van der Waals surface area contributed by atoms with Crippen molar-refractivity contribution < 1.29 is 8.42 Å². The number of benzene rings is 1. The number of imidazole rings is 1. The minimum absolute atomic E-state index is 0.126. The summed E-state index contributed by atoms with van der Waals surface area (Å²) < 4.78 is 30.3. The van der Waals surface area contributed by atoms with Gasteiger partial charge in [0.25, 0.3) is 10.0 Å². The molecular formula is C15H14BrN3O2S2. The van der Waals surface area contributed by atoms with Crippen molar-refractivity contribution in [3.05, 3.63) is 46.5 Å². The Labute approximate surface area is 146 Å². The van der Waals surface area contributed by atoms with Crippen molar-refractivity contribution in [2.24, 2.45) is 0 Å². The van der Waals surface area contributed by atoms with Crippen LogP contribution in [0.2, 0.25) is 0 Å². The van der Waals surface area contributed by atoms with E-state index in [1.165, 1.54) is 11.3 Å². The number of nitrogens with zero attached hydrogens (tertiary/aromatic N) is 3. The minimum atomic E-state index is -3.41. The fraction of sp³-hybridized carbons (Fsp3) is 0.267. The second-order valence-electron chi connectivity index (χ2n) is 5.50. The van der Waals surface area contributed by atoms with Crippen LogP contribution in [0.3, 0.4) is 0 Å². The SMILES string of the molecule is O=S(=O)(c1ccc(Br)s1)N1CCC(n2cnc3ccccc32)C1. The Morgan fingerprint density at radius 2 is 2.04 bits per heavy atom. The summed E-state index contributed by atoms with van der Waals surface area (Å²) >= 11 is 4.58. The van der Waals surface area contributed by atoms with Crippen molar-refractivity contribution in [3.8, 4) is 0 Å². The first-order chi connectivity index (χ1) is 11.1. The molecule has 2 aromatic heterocycles. The molecule has 0 aliphatic carbocycles. The fourth-order valence-corrected chi connectivity index (χ4v) is 6.65. The van der Waals surface area contributed by atoms with Crippen LogP contribution in [-0.4, -0.2) is 35.4 Å². The molecule has 120 valence electrons. The van der Waals surface area contributed by atoms with Crippen LogP contribution in [0.4, 0.5) is 0 Å². The Morgan fingerprint density at radius 1 is 1.22 bits per heavy atom. The highest BCUT2D eigenvalue weighted by Crippen LogP contribution is 2.33. The van der Waals surface area contributed by atoms with Gasteiger partial charge in [-0.2, -0.15) is 4.31 Å². The van der Waals surface area contributed by atoms with E-state index in [0.29, 0.717) is 17.3 Å². The number of hydrogen-bond donors (Lipinski definition) is 0. The highest BCUT2D eigenvalue weighted by molar-refractivity contribution is 9.11. The molecule has 0 radical (unpaired) electrons. The Morgan fingerprint density at radius 3 is 2.83 bits per heavy atom. The second-order valence-corrected chi connectivity index (χ2v) is 10.1. The molecule has 5 nitrogen and oxygen atoms in total. The molecule has 8 heteroatoms. The largest absolute Gasteiger partial charge is 0.326 e. The van der Waals surface area contributed by atoms with Gasteiger partial charge in [0.15, 0.2) is 0 Å². The summed E-state index contributed by atoms with van der Waals surface area (Å²) in [5, 5.41) is 0. The molecule has 1 fully saturated rings. The lowest BCUT2D eigenvalue weighted by Crippen LogP contribution is -2.28. The summed E-state index contributed by atoms with van der Waals surface area (Å²) in [7, 11) is -3.41. The van der Waals surface area contributed by atoms with Crippen LogP contribution < -0.4 is 0 Å². The first-order valence-corrected chi connectivity index (χ1v) is 10.3. The lowest BCUT2D eigenvalue weighted by atomic mass is 10.2. The molecule has 4 rings (SSSR count). The quantitative estimate of drug-likeness (QED) is 0.662. The van der Waals surface area contributed by atoms with E-state index in [1.807, 2.05) is 30.6 Å². The van der Waals surface area contributed by atoms with E-state index in [1.54, 1.807) is 16.4 Å². The van der Waals surface area contributed by atoms with Gasteiger partial charge in [-0.25, -0.2) is 13.4 Å². The Balaban J connectivity index is 1.62. The lowest BCUT2D eigenvalue weighted by molar-refractivity contribution is 0.456. The molecule has 1 atom stereocenters. The van der Waals surface area contributed by atoms with Crippen molar-refractivity contribution in [1.82, 2.24) is 13.9 Å². The maximum atomic E-state index is 12.7. The van der Waals surface area contributed by atoms with Crippen molar-refractivity contribution in [3.63, 3.8) is 0 Å². The number of fused-ring (bicyclic) bond motifs is 1. The zero-order valence-electron chi connectivity index (χ0n) is 12.1. The maximum absolute atomic E-state index is 12.7.